The van der Waals surface area contributed by atoms with Crippen LogP contribution in [-0.4, -0.2) is 0 Å². The van der Waals surface area contributed by atoms with Crippen molar-refractivity contribution in [1.82, 2.24) is 0 Å². The van der Waals surface area contributed by atoms with Crippen LogP contribution in [0.25, 0.3) is 22.3 Å². The zero-order valence-electron chi connectivity index (χ0n) is 10.9. The summed E-state index contributed by atoms with van der Waals surface area (Å²) < 4.78 is 5.97. The fraction of sp³-hybridized carbons (Fsp3) is 0.176. The van der Waals surface area contributed by atoms with Gasteiger partial charge in [-0.25, -0.2) is 0 Å². The Kier molecular flexibility index (Phi) is 2.62. The highest BCUT2D eigenvalue weighted by Crippen LogP contribution is 2.39. The Labute approximate surface area is 122 Å². The molecule has 0 amide bonds. The molecular formula is C17H14ClNO. The lowest BCUT2D eigenvalue weighted by molar-refractivity contribution is 0.631. The predicted octanol–water partition coefficient (Wildman–Crippen LogP) is 4.70. The molecule has 2 aromatic carbocycles. The van der Waals surface area contributed by atoms with Crippen LogP contribution in [0.1, 0.15) is 23.6 Å². The van der Waals surface area contributed by atoms with Crippen LogP contribution in [0.15, 0.2) is 46.9 Å². The molecule has 1 aromatic heterocycles. The minimum absolute atomic E-state index is 0.151. The Morgan fingerprint density at radius 3 is 2.85 bits per heavy atom. The number of nitrogens with two attached hydrogens (primary N) is 1. The lowest BCUT2D eigenvalue weighted by Gasteiger charge is -2.07. The van der Waals surface area contributed by atoms with Gasteiger partial charge in [0.1, 0.15) is 5.76 Å². The van der Waals surface area contributed by atoms with Gasteiger partial charge in [0.15, 0.2) is 5.58 Å². The molecule has 1 heterocycles. The zero-order chi connectivity index (χ0) is 13.7. The van der Waals surface area contributed by atoms with Crippen molar-refractivity contribution in [3.63, 3.8) is 0 Å². The van der Waals surface area contributed by atoms with Crippen molar-refractivity contribution in [3.05, 3.63) is 58.6 Å². The monoisotopic (exact) mass is 283 g/mol. The van der Waals surface area contributed by atoms with Crippen LogP contribution >= 0.6 is 11.6 Å². The first kappa shape index (κ1) is 12.0. The maximum absolute atomic E-state index is 6.18. The number of hydrogen-bond acceptors (Lipinski definition) is 2. The molecule has 2 nitrogen and oxygen atoms in total. The van der Waals surface area contributed by atoms with E-state index in [2.05, 4.69) is 18.2 Å². The summed E-state index contributed by atoms with van der Waals surface area (Å²) in [6.45, 7) is 0. The second-order valence-electron chi connectivity index (χ2n) is 5.29. The summed E-state index contributed by atoms with van der Waals surface area (Å²) in [5.41, 5.74) is 10.6. The normalized spacial score (nSPS) is 17.6. The highest BCUT2D eigenvalue weighted by Gasteiger charge is 2.23. The molecule has 100 valence electrons. The molecule has 3 heteroatoms. The molecule has 0 aliphatic heterocycles. The SMILES string of the molecule is NC1CCc2c(-c3cc4cccc(Cl)c4o3)cccc21. The van der Waals surface area contributed by atoms with Crippen molar-refractivity contribution in [1.29, 1.82) is 0 Å². The van der Waals surface area contributed by atoms with E-state index < -0.39 is 0 Å². The van der Waals surface area contributed by atoms with Crippen LogP contribution in [-0.2, 0) is 6.42 Å². The quantitative estimate of drug-likeness (QED) is 0.703. The van der Waals surface area contributed by atoms with Gasteiger partial charge in [0.25, 0.3) is 0 Å². The smallest absolute Gasteiger partial charge is 0.153 e. The van der Waals surface area contributed by atoms with Gasteiger partial charge in [0, 0.05) is 17.0 Å². The molecule has 3 aromatic rings. The topological polar surface area (TPSA) is 39.2 Å². The van der Waals surface area contributed by atoms with Gasteiger partial charge in [0.2, 0.25) is 0 Å². The van der Waals surface area contributed by atoms with Crippen LogP contribution in [0.2, 0.25) is 5.02 Å². The van der Waals surface area contributed by atoms with Crippen LogP contribution in [0.3, 0.4) is 0 Å². The molecule has 1 atom stereocenters. The fourth-order valence-corrected chi connectivity index (χ4v) is 3.30. The Morgan fingerprint density at radius 2 is 2.00 bits per heavy atom. The van der Waals surface area contributed by atoms with Gasteiger partial charge in [0.05, 0.1) is 5.02 Å². The average molecular weight is 284 g/mol. The lowest BCUT2D eigenvalue weighted by Crippen LogP contribution is -2.04. The number of halogens is 1. The molecule has 0 radical (unpaired) electrons. The number of para-hydroxylation sites is 1. The van der Waals surface area contributed by atoms with Crippen LogP contribution in [0.4, 0.5) is 0 Å². The molecule has 20 heavy (non-hydrogen) atoms. The van der Waals surface area contributed by atoms with Gasteiger partial charge in [-0.05, 0) is 36.1 Å². The van der Waals surface area contributed by atoms with Gasteiger partial charge < -0.3 is 10.2 Å². The molecule has 1 aliphatic rings. The second kappa shape index (κ2) is 4.37. The summed E-state index contributed by atoms with van der Waals surface area (Å²) in [4.78, 5) is 0. The maximum Gasteiger partial charge on any atom is 0.153 e. The van der Waals surface area contributed by atoms with Crippen LogP contribution in [0, 0.1) is 0 Å². The van der Waals surface area contributed by atoms with Crippen LogP contribution in [0.5, 0.6) is 0 Å². The van der Waals surface area contributed by atoms with Crippen LogP contribution < -0.4 is 5.73 Å². The minimum atomic E-state index is 0.151. The predicted molar refractivity (Wildman–Crippen MR) is 81.9 cm³/mol. The fourth-order valence-electron chi connectivity index (χ4n) is 3.08. The maximum atomic E-state index is 6.18. The molecule has 4 rings (SSSR count). The van der Waals surface area contributed by atoms with Crippen molar-refractivity contribution in [2.75, 3.05) is 0 Å². The highest BCUT2D eigenvalue weighted by molar-refractivity contribution is 6.34. The van der Waals surface area contributed by atoms with Gasteiger partial charge in [-0.1, -0.05) is 41.9 Å². The van der Waals surface area contributed by atoms with E-state index in [1.165, 1.54) is 11.1 Å². The number of hydrogen-bond donors (Lipinski definition) is 1. The van der Waals surface area contributed by atoms with E-state index in [0.29, 0.717) is 5.02 Å². The Bertz CT molecular complexity index is 806. The van der Waals surface area contributed by atoms with Crippen molar-refractivity contribution in [3.8, 4) is 11.3 Å². The summed E-state index contributed by atoms with van der Waals surface area (Å²) in [5, 5.41) is 1.69. The molecule has 0 spiro atoms. The lowest BCUT2D eigenvalue weighted by atomic mass is 10.0. The van der Waals surface area contributed by atoms with Gasteiger partial charge in [-0.15, -0.1) is 0 Å². The van der Waals surface area contributed by atoms with E-state index in [4.69, 9.17) is 21.8 Å². The third-order valence-corrected chi connectivity index (χ3v) is 4.38. The molecule has 0 saturated carbocycles. The number of furan rings is 1. The largest absolute Gasteiger partial charge is 0.455 e. The summed E-state index contributed by atoms with van der Waals surface area (Å²) in [6, 6.07) is 14.3. The third-order valence-electron chi connectivity index (χ3n) is 4.08. The van der Waals surface area contributed by atoms with Gasteiger partial charge in [-0.3, -0.25) is 0 Å². The number of benzene rings is 2. The number of rotatable bonds is 1. The summed E-state index contributed by atoms with van der Waals surface area (Å²) >= 11 is 6.18. The van der Waals surface area contributed by atoms with E-state index in [-0.39, 0.29) is 6.04 Å². The Morgan fingerprint density at radius 1 is 1.15 bits per heavy atom. The Hall–Kier alpha value is -1.77. The highest BCUT2D eigenvalue weighted by atomic mass is 35.5. The summed E-state index contributed by atoms with van der Waals surface area (Å²) in [5.74, 6) is 0.874. The first-order valence-electron chi connectivity index (χ1n) is 6.80. The van der Waals surface area contributed by atoms with E-state index in [1.54, 1.807) is 0 Å². The van der Waals surface area contributed by atoms with E-state index in [0.717, 1.165) is 35.1 Å². The summed E-state index contributed by atoms with van der Waals surface area (Å²) in [6.07, 6.45) is 2.02. The third kappa shape index (κ3) is 1.69. The second-order valence-corrected chi connectivity index (χ2v) is 5.69. The van der Waals surface area contributed by atoms with Crippen molar-refractivity contribution in [2.45, 2.75) is 18.9 Å². The van der Waals surface area contributed by atoms with E-state index in [9.17, 15) is 0 Å². The van der Waals surface area contributed by atoms with Crippen molar-refractivity contribution >= 4 is 22.6 Å². The molecule has 2 N–H and O–H groups in total. The molecular weight excluding hydrogens is 270 g/mol. The van der Waals surface area contributed by atoms with E-state index >= 15 is 0 Å². The standard InChI is InChI=1S/C17H14ClNO/c18-14-6-1-3-10-9-16(20-17(10)14)13-5-2-4-12-11(13)7-8-15(12)19/h1-6,9,15H,7-8,19H2. The minimum Gasteiger partial charge on any atom is -0.455 e. The Balaban J connectivity index is 1.94. The van der Waals surface area contributed by atoms with Crippen molar-refractivity contribution < 1.29 is 4.42 Å². The first-order valence-corrected chi connectivity index (χ1v) is 7.17. The zero-order valence-corrected chi connectivity index (χ0v) is 11.7. The average Bonchev–Trinajstić information content (AvgIpc) is 3.04. The molecule has 0 bridgehead atoms. The van der Waals surface area contributed by atoms with E-state index in [1.807, 2.05) is 24.3 Å². The first-order chi connectivity index (χ1) is 9.74. The molecule has 1 unspecified atom stereocenters. The molecule has 1 aliphatic carbocycles. The number of fused-ring (bicyclic) bond motifs is 2. The van der Waals surface area contributed by atoms with Gasteiger partial charge >= 0.3 is 0 Å². The summed E-state index contributed by atoms with van der Waals surface area (Å²) in [7, 11) is 0. The molecule has 0 fully saturated rings. The molecule has 0 saturated heterocycles. The van der Waals surface area contributed by atoms with Crippen molar-refractivity contribution in [2.24, 2.45) is 5.73 Å². The van der Waals surface area contributed by atoms with Gasteiger partial charge in [-0.2, -0.15) is 0 Å².